The monoisotopic (exact) mass is 264 g/mol. The topological polar surface area (TPSA) is 38.8 Å². The van der Waals surface area contributed by atoms with E-state index < -0.39 is 11.7 Å². The van der Waals surface area contributed by atoms with Gasteiger partial charge in [-0.3, -0.25) is 0 Å². The Labute approximate surface area is 115 Å². The van der Waals surface area contributed by atoms with Gasteiger partial charge in [0.05, 0.1) is 7.11 Å². The Morgan fingerprint density at radius 3 is 2.74 bits per heavy atom. The summed E-state index contributed by atoms with van der Waals surface area (Å²) in [5.74, 6) is 0.128. The molecule has 19 heavy (non-hydrogen) atoms. The van der Waals surface area contributed by atoms with Crippen LogP contribution in [0.4, 0.5) is 0 Å². The van der Waals surface area contributed by atoms with E-state index in [0.29, 0.717) is 5.92 Å². The number of carbonyl (C=O) groups is 1. The highest BCUT2D eigenvalue weighted by atomic mass is 16.6. The summed E-state index contributed by atoms with van der Waals surface area (Å²) in [6.07, 6.45) is 8.45. The maximum Gasteiger partial charge on any atom is 0.338 e. The molecule has 1 fully saturated rings. The molecule has 0 aromatic rings. The molecule has 2 rings (SSSR count). The molecule has 1 aliphatic heterocycles. The van der Waals surface area contributed by atoms with Gasteiger partial charge >= 0.3 is 5.97 Å². The average Bonchev–Trinajstić information content (AvgIpc) is 2.99. The van der Waals surface area contributed by atoms with Gasteiger partial charge in [-0.2, -0.15) is 0 Å². The molecule has 0 aromatic carbocycles. The van der Waals surface area contributed by atoms with Crippen LogP contribution >= 0.6 is 0 Å². The van der Waals surface area contributed by atoms with E-state index in [0.717, 1.165) is 6.42 Å². The number of hydrogen-bond acceptors (Lipinski definition) is 3. The third kappa shape index (κ3) is 2.76. The first-order valence-corrected chi connectivity index (χ1v) is 6.92. The van der Waals surface area contributed by atoms with E-state index in [1.165, 1.54) is 19.1 Å². The molecule has 1 saturated heterocycles. The molecule has 0 radical (unpaired) electrons. The molecule has 3 heteroatoms. The van der Waals surface area contributed by atoms with Crippen molar-refractivity contribution < 1.29 is 14.3 Å². The number of rotatable bonds is 3. The van der Waals surface area contributed by atoms with Crippen molar-refractivity contribution in [2.24, 2.45) is 11.3 Å². The van der Waals surface area contributed by atoms with E-state index >= 15 is 0 Å². The van der Waals surface area contributed by atoms with Crippen molar-refractivity contribution in [2.45, 2.75) is 52.2 Å². The molecule has 0 aromatic heterocycles. The van der Waals surface area contributed by atoms with Gasteiger partial charge in [0.15, 0.2) is 6.10 Å². The lowest BCUT2D eigenvalue weighted by molar-refractivity contribution is -0.142. The third-order valence-corrected chi connectivity index (χ3v) is 4.46. The maximum atomic E-state index is 11.4. The van der Waals surface area contributed by atoms with Crippen LogP contribution in [-0.2, 0) is 14.3 Å². The van der Waals surface area contributed by atoms with Crippen molar-refractivity contribution in [3.05, 3.63) is 23.8 Å². The van der Waals surface area contributed by atoms with Gasteiger partial charge in [0.1, 0.15) is 5.60 Å². The molecule has 3 nitrogen and oxygen atoms in total. The maximum absolute atomic E-state index is 11.4. The van der Waals surface area contributed by atoms with E-state index in [9.17, 15) is 4.79 Å². The lowest BCUT2D eigenvalue weighted by atomic mass is 9.68. The number of esters is 1. The van der Waals surface area contributed by atoms with Gasteiger partial charge in [-0.25, -0.2) is 4.79 Å². The molecule has 0 N–H and O–H groups in total. The Kier molecular flexibility index (Phi) is 3.61. The Morgan fingerprint density at radius 1 is 1.47 bits per heavy atom. The first-order chi connectivity index (χ1) is 8.80. The van der Waals surface area contributed by atoms with E-state index in [1.807, 2.05) is 13.0 Å². The molecule has 0 amide bonds. The van der Waals surface area contributed by atoms with Gasteiger partial charge in [0, 0.05) is 5.92 Å². The van der Waals surface area contributed by atoms with Crippen LogP contribution in [0.2, 0.25) is 0 Å². The predicted molar refractivity (Wildman–Crippen MR) is 74.7 cm³/mol. The van der Waals surface area contributed by atoms with Crippen molar-refractivity contribution in [2.75, 3.05) is 7.11 Å². The summed E-state index contributed by atoms with van der Waals surface area (Å²) in [4.78, 5) is 11.4. The van der Waals surface area contributed by atoms with Crippen molar-refractivity contribution >= 4 is 5.97 Å². The minimum absolute atomic E-state index is 0.265. The van der Waals surface area contributed by atoms with Crippen LogP contribution in [0.3, 0.4) is 0 Å². The van der Waals surface area contributed by atoms with Gasteiger partial charge in [-0.15, -0.1) is 0 Å². The van der Waals surface area contributed by atoms with E-state index in [-0.39, 0.29) is 11.4 Å². The molecule has 2 aliphatic rings. The smallest absolute Gasteiger partial charge is 0.338 e. The Hall–Kier alpha value is -1.09. The minimum Gasteiger partial charge on any atom is -0.467 e. The lowest BCUT2D eigenvalue weighted by Gasteiger charge is -2.36. The van der Waals surface area contributed by atoms with Gasteiger partial charge < -0.3 is 9.47 Å². The van der Waals surface area contributed by atoms with Gasteiger partial charge in [-0.05, 0) is 32.1 Å². The number of epoxide rings is 1. The molecule has 0 bridgehead atoms. The molecule has 0 saturated carbocycles. The summed E-state index contributed by atoms with van der Waals surface area (Å²) >= 11 is 0. The fourth-order valence-electron chi connectivity index (χ4n) is 3.01. The van der Waals surface area contributed by atoms with Crippen molar-refractivity contribution in [1.29, 1.82) is 0 Å². The Bertz CT molecular complexity index is 433. The second-order valence-corrected chi connectivity index (χ2v) is 6.52. The number of allylic oxidation sites excluding steroid dienone is 3. The van der Waals surface area contributed by atoms with Gasteiger partial charge in [0.2, 0.25) is 0 Å². The highest BCUT2D eigenvalue weighted by molar-refractivity contribution is 5.79. The van der Waals surface area contributed by atoms with E-state index in [4.69, 9.17) is 9.47 Å². The standard InChI is InChI=1S/C16H24O3/c1-11-7-6-9-15(2,3)12(11)8-10-16(4)13(19-16)14(17)18-5/h7-8,10,12-13H,6,9H2,1-5H3/b10-8-/t12-,13-,16+/m0/s1. The summed E-state index contributed by atoms with van der Waals surface area (Å²) in [7, 11) is 1.39. The third-order valence-electron chi connectivity index (χ3n) is 4.46. The number of ether oxygens (including phenoxy) is 2. The number of methoxy groups -OCH3 is 1. The van der Waals surface area contributed by atoms with Crippen LogP contribution in [0.25, 0.3) is 0 Å². The number of carbonyl (C=O) groups excluding carboxylic acids is 1. The zero-order valence-corrected chi connectivity index (χ0v) is 12.5. The molecule has 1 heterocycles. The fraction of sp³-hybridized carbons (Fsp3) is 0.688. The van der Waals surface area contributed by atoms with Crippen molar-refractivity contribution in [3.8, 4) is 0 Å². The van der Waals surface area contributed by atoms with Crippen LogP contribution in [0.1, 0.15) is 40.5 Å². The summed E-state index contributed by atoms with van der Waals surface area (Å²) in [6.45, 7) is 8.71. The van der Waals surface area contributed by atoms with Crippen LogP contribution in [0.5, 0.6) is 0 Å². The zero-order valence-electron chi connectivity index (χ0n) is 12.5. The summed E-state index contributed by atoms with van der Waals surface area (Å²) in [6, 6.07) is 0. The zero-order chi connectivity index (χ0) is 14.3. The largest absolute Gasteiger partial charge is 0.467 e. The fourth-order valence-corrected chi connectivity index (χ4v) is 3.01. The first kappa shape index (κ1) is 14.3. The van der Waals surface area contributed by atoms with Crippen LogP contribution < -0.4 is 0 Å². The SMILES string of the molecule is COC(=O)[C@@H]1O[C@]1(C)/C=C\[C@H]1C(C)=CCCC1(C)C. The molecule has 1 aliphatic carbocycles. The molecule has 0 unspecified atom stereocenters. The average molecular weight is 264 g/mol. The normalized spacial score (nSPS) is 37.0. The Balaban J connectivity index is 2.09. The van der Waals surface area contributed by atoms with Crippen molar-refractivity contribution in [3.63, 3.8) is 0 Å². The van der Waals surface area contributed by atoms with E-state index in [1.54, 1.807) is 0 Å². The summed E-state index contributed by atoms with van der Waals surface area (Å²) < 4.78 is 10.2. The van der Waals surface area contributed by atoms with Crippen LogP contribution in [0.15, 0.2) is 23.8 Å². The van der Waals surface area contributed by atoms with Crippen molar-refractivity contribution in [1.82, 2.24) is 0 Å². The molecule has 0 spiro atoms. The minimum atomic E-state index is -0.485. The molecular formula is C16H24O3. The second-order valence-electron chi connectivity index (χ2n) is 6.52. The van der Waals surface area contributed by atoms with Gasteiger partial charge in [0.25, 0.3) is 0 Å². The first-order valence-electron chi connectivity index (χ1n) is 6.92. The van der Waals surface area contributed by atoms with Crippen LogP contribution in [-0.4, -0.2) is 24.8 Å². The predicted octanol–water partition coefficient (Wildman–Crippen LogP) is 3.26. The highest BCUT2D eigenvalue weighted by Gasteiger charge is 2.56. The second kappa shape index (κ2) is 4.78. The molecular weight excluding hydrogens is 240 g/mol. The highest BCUT2D eigenvalue weighted by Crippen LogP contribution is 2.44. The molecule has 3 atom stereocenters. The number of hydrogen-bond donors (Lipinski definition) is 0. The van der Waals surface area contributed by atoms with E-state index in [2.05, 4.69) is 32.9 Å². The summed E-state index contributed by atoms with van der Waals surface area (Å²) in [5, 5.41) is 0. The summed E-state index contributed by atoms with van der Waals surface area (Å²) in [5.41, 5.74) is 1.19. The van der Waals surface area contributed by atoms with Crippen LogP contribution in [0, 0.1) is 11.3 Å². The van der Waals surface area contributed by atoms with Gasteiger partial charge in [-0.1, -0.05) is 37.6 Å². The lowest BCUT2D eigenvalue weighted by Crippen LogP contribution is -2.27. The Morgan fingerprint density at radius 2 is 2.16 bits per heavy atom. The molecule has 106 valence electrons. The quantitative estimate of drug-likeness (QED) is 0.446.